The number of fused-ring (bicyclic) bond motifs is 1. The highest BCUT2D eigenvalue weighted by molar-refractivity contribution is 5.98. The molecule has 2 rings (SSSR count). The highest BCUT2D eigenvalue weighted by Gasteiger charge is 2.20. The van der Waals surface area contributed by atoms with Crippen molar-refractivity contribution < 1.29 is 9.18 Å². The van der Waals surface area contributed by atoms with Crippen LogP contribution in [0, 0.1) is 5.82 Å². The largest absolute Gasteiger partial charge is 0.323 e. The number of anilines is 1. The summed E-state index contributed by atoms with van der Waals surface area (Å²) in [4.78, 5) is 14.4. The Labute approximate surface area is 62.3 Å². The lowest BCUT2D eigenvalue weighted by atomic mass is 10.2. The SMILES string of the molecule is O=C1Cc2cncc(F)c2N1. The van der Waals surface area contributed by atoms with E-state index in [0.717, 1.165) is 6.20 Å². The van der Waals surface area contributed by atoms with Crippen LogP contribution in [0.15, 0.2) is 12.4 Å². The lowest BCUT2D eigenvalue weighted by molar-refractivity contribution is -0.115. The van der Waals surface area contributed by atoms with Crippen LogP contribution in [0.4, 0.5) is 10.1 Å². The van der Waals surface area contributed by atoms with Crippen molar-refractivity contribution in [1.29, 1.82) is 0 Å². The van der Waals surface area contributed by atoms with Crippen LogP contribution in [-0.2, 0) is 11.2 Å². The Hall–Kier alpha value is -1.45. The van der Waals surface area contributed by atoms with Crippen molar-refractivity contribution in [2.45, 2.75) is 6.42 Å². The Morgan fingerprint density at radius 2 is 2.36 bits per heavy atom. The number of hydrogen-bond donors (Lipinski definition) is 1. The first kappa shape index (κ1) is 6.27. The van der Waals surface area contributed by atoms with Crippen LogP contribution in [0.25, 0.3) is 0 Å². The van der Waals surface area contributed by atoms with E-state index < -0.39 is 5.82 Å². The van der Waals surface area contributed by atoms with Gasteiger partial charge in [-0.05, 0) is 0 Å². The first-order chi connectivity index (χ1) is 5.27. The van der Waals surface area contributed by atoms with Crippen molar-refractivity contribution >= 4 is 11.6 Å². The molecule has 56 valence electrons. The van der Waals surface area contributed by atoms with Gasteiger partial charge in [0.25, 0.3) is 0 Å². The maximum atomic E-state index is 12.8. The summed E-state index contributed by atoms with van der Waals surface area (Å²) in [6, 6.07) is 0. The van der Waals surface area contributed by atoms with Gasteiger partial charge in [-0.1, -0.05) is 0 Å². The number of carbonyl (C=O) groups excluding carboxylic acids is 1. The lowest BCUT2D eigenvalue weighted by Crippen LogP contribution is -2.04. The number of nitrogens with zero attached hydrogens (tertiary/aromatic N) is 1. The number of halogens is 1. The summed E-state index contributed by atoms with van der Waals surface area (Å²) in [7, 11) is 0. The molecule has 0 aliphatic carbocycles. The van der Waals surface area contributed by atoms with E-state index in [4.69, 9.17) is 0 Å². The van der Waals surface area contributed by atoms with Crippen molar-refractivity contribution in [2.24, 2.45) is 0 Å². The van der Waals surface area contributed by atoms with E-state index in [1.807, 2.05) is 0 Å². The van der Waals surface area contributed by atoms with Gasteiger partial charge in [-0.25, -0.2) is 4.39 Å². The number of nitrogens with one attached hydrogen (secondary N) is 1. The second-order valence-electron chi connectivity index (χ2n) is 2.38. The van der Waals surface area contributed by atoms with Crippen molar-refractivity contribution in [3.63, 3.8) is 0 Å². The summed E-state index contributed by atoms with van der Waals surface area (Å²) < 4.78 is 12.8. The minimum absolute atomic E-state index is 0.174. The van der Waals surface area contributed by atoms with Gasteiger partial charge in [0.15, 0.2) is 5.82 Å². The molecule has 1 aromatic heterocycles. The summed E-state index contributed by atoms with van der Waals surface area (Å²) in [6.07, 6.45) is 2.82. The van der Waals surface area contributed by atoms with E-state index >= 15 is 0 Å². The van der Waals surface area contributed by atoms with E-state index in [2.05, 4.69) is 10.3 Å². The number of pyridine rings is 1. The smallest absolute Gasteiger partial charge is 0.229 e. The van der Waals surface area contributed by atoms with Crippen LogP contribution in [-0.4, -0.2) is 10.9 Å². The molecule has 1 N–H and O–H groups in total. The minimum atomic E-state index is -0.464. The molecule has 0 aromatic carbocycles. The molecular weight excluding hydrogens is 147 g/mol. The Bertz CT molecular complexity index is 324. The standard InChI is InChI=1S/C7H5FN2O/c8-5-3-9-2-4-1-6(11)10-7(4)5/h2-3H,1H2,(H,10,11). The molecule has 2 heterocycles. The van der Waals surface area contributed by atoms with Crippen molar-refractivity contribution in [2.75, 3.05) is 5.32 Å². The molecule has 11 heavy (non-hydrogen) atoms. The van der Waals surface area contributed by atoms with E-state index in [1.54, 1.807) is 0 Å². The summed E-state index contributed by atoms with van der Waals surface area (Å²) in [5, 5.41) is 2.41. The Kier molecular flexibility index (Phi) is 1.15. The highest BCUT2D eigenvalue weighted by Crippen LogP contribution is 2.23. The quantitative estimate of drug-likeness (QED) is 0.595. The molecule has 0 saturated heterocycles. The van der Waals surface area contributed by atoms with Crippen LogP contribution in [0.2, 0.25) is 0 Å². The first-order valence-electron chi connectivity index (χ1n) is 3.19. The molecule has 0 spiro atoms. The molecule has 0 fully saturated rings. The topological polar surface area (TPSA) is 42.0 Å². The number of aromatic nitrogens is 1. The summed E-state index contributed by atoms with van der Waals surface area (Å²) >= 11 is 0. The van der Waals surface area contributed by atoms with Crippen molar-refractivity contribution in [3.05, 3.63) is 23.8 Å². The first-order valence-corrected chi connectivity index (χ1v) is 3.19. The summed E-state index contributed by atoms with van der Waals surface area (Å²) in [5.74, 6) is -0.639. The van der Waals surface area contributed by atoms with Gasteiger partial charge in [-0.2, -0.15) is 0 Å². The Morgan fingerprint density at radius 3 is 3.09 bits per heavy atom. The predicted molar refractivity (Wildman–Crippen MR) is 36.5 cm³/mol. The van der Waals surface area contributed by atoms with Gasteiger partial charge >= 0.3 is 0 Å². The fourth-order valence-electron chi connectivity index (χ4n) is 1.11. The molecule has 3 nitrogen and oxygen atoms in total. The molecule has 1 amide bonds. The van der Waals surface area contributed by atoms with Crippen LogP contribution in [0.5, 0.6) is 0 Å². The average molecular weight is 152 g/mol. The predicted octanol–water partition coefficient (Wildman–Crippen LogP) is 0.715. The summed E-state index contributed by atoms with van der Waals surface area (Å²) in [5.41, 5.74) is 0.917. The average Bonchev–Trinajstić information content (AvgIpc) is 2.31. The monoisotopic (exact) mass is 152 g/mol. The molecule has 0 saturated carbocycles. The molecule has 0 atom stereocenters. The van der Waals surface area contributed by atoms with E-state index in [9.17, 15) is 9.18 Å². The third-order valence-electron chi connectivity index (χ3n) is 1.59. The van der Waals surface area contributed by atoms with Gasteiger partial charge < -0.3 is 5.32 Å². The molecule has 0 radical (unpaired) electrons. The third kappa shape index (κ3) is 0.869. The zero-order valence-electron chi connectivity index (χ0n) is 5.60. The number of carbonyl (C=O) groups is 1. The molecule has 1 aliphatic heterocycles. The van der Waals surface area contributed by atoms with E-state index in [0.29, 0.717) is 5.56 Å². The Morgan fingerprint density at radius 1 is 1.55 bits per heavy atom. The number of hydrogen-bond acceptors (Lipinski definition) is 2. The van der Waals surface area contributed by atoms with Crippen molar-refractivity contribution in [3.8, 4) is 0 Å². The second-order valence-corrected chi connectivity index (χ2v) is 2.38. The van der Waals surface area contributed by atoms with Crippen LogP contribution in [0.1, 0.15) is 5.56 Å². The molecule has 1 aromatic rings. The van der Waals surface area contributed by atoms with Crippen LogP contribution in [0.3, 0.4) is 0 Å². The Balaban J connectivity index is 2.57. The van der Waals surface area contributed by atoms with Crippen molar-refractivity contribution in [1.82, 2.24) is 4.98 Å². The molecular formula is C7H5FN2O. The second kappa shape index (κ2) is 2.02. The highest BCUT2D eigenvalue weighted by atomic mass is 19.1. The van der Waals surface area contributed by atoms with Crippen LogP contribution >= 0.6 is 0 Å². The normalized spacial score (nSPS) is 14.5. The minimum Gasteiger partial charge on any atom is -0.323 e. The van der Waals surface area contributed by atoms with Gasteiger partial charge in [0.1, 0.15) is 0 Å². The molecule has 0 unspecified atom stereocenters. The van der Waals surface area contributed by atoms with Gasteiger partial charge in [0, 0.05) is 11.8 Å². The fourth-order valence-corrected chi connectivity index (χ4v) is 1.11. The van der Waals surface area contributed by atoms with E-state index in [-0.39, 0.29) is 18.0 Å². The summed E-state index contributed by atoms with van der Waals surface area (Å²) in [6.45, 7) is 0. The zero-order chi connectivity index (χ0) is 7.84. The van der Waals surface area contributed by atoms with Gasteiger partial charge in [0.05, 0.1) is 18.3 Å². The molecule has 0 bridgehead atoms. The van der Waals surface area contributed by atoms with Crippen LogP contribution < -0.4 is 5.32 Å². The van der Waals surface area contributed by atoms with E-state index in [1.165, 1.54) is 6.20 Å². The van der Waals surface area contributed by atoms with Gasteiger partial charge in [0.2, 0.25) is 5.91 Å². The zero-order valence-corrected chi connectivity index (χ0v) is 5.60. The number of rotatable bonds is 0. The fraction of sp³-hybridized carbons (Fsp3) is 0.143. The molecule has 4 heteroatoms. The third-order valence-corrected chi connectivity index (χ3v) is 1.59. The van der Waals surface area contributed by atoms with Gasteiger partial charge in [-0.15, -0.1) is 0 Å². The lowest BCUT2D eigenvalue weighted by Gasteiger charge is -1.96. The van der Waals surface area contributed by atoms with Gasteiger partial charge in [-0.3, -0.25) is 9.78 Å². The molecule has 1 aliphatic rings. The maximum Gasteiger partial charge on any atom is 0.229 e. The maximum absolute atomic E-state index is 12.8. The number of amides is 1.